The first-order valence-electron chi connectivity index (χ1n) is 6.74. The second kappa shape index (κ2) is 5.09. The number of furan rings is 1. The Kier molecular flexibility index (Phi) is 3.25. The maximum atomic E-state index is 12.6. The molecule has 5 nitrogen and oxygen atoms in total. The van der Waals surface area contributed by atoms with Crippen LogP contribution in [0.3, 0.4) is 0 Å². The average molecular weight is 284 g/mol. The lowest BCUT2D eigenvalue weighted by molar-refractivity contribution is 0.0738. The van der Waals surface area contributed by atoms with Crippen molar-refractivity contribution in [2.45, 2.75) is 19.9 Å². The first-order valence-corrected chi connectivity index (χ1v) is 6.74. The maximum absolute atomic E-state index is 12.6. The lowest BCUT2D eigenvalue weighted by Gasteiger charge is -2.23. The number of amides is 1. The van der Waals surface area contributed by atoms with Crippen molar-refractivity contribution in [1.29, 1.82) is 0 Å². The lowest BCUT2D eigenvalue weighted by Crippen LogP contribution is -2.29. The molecular formula is C16H16N2O3. The lowest BCUT2D eigenvalue weighted by atomic mass is 10.1. The molecule has 1 aromatic carbocycles. The van der Waals surface area contributed by atoms with Crippen molar-refractivity contribution in [3.63, 3.8) is 0 Å². The fraction of sp³-hybridized carbons (Fsp3) is 0.250. The molecule has 0 aliphatic heterocycles. The monoisotopic (exact) mass is 284 g/mol. The van der Waals surface area contributed by atoms with E-state index >= 15 is 0 Å². The summed E-state index contributed by atoms with van der Waals surface area (Å²) in [7, 11) is 1.76. The van der Waals surface area contributed by atoms with E-state index in [1.807, 2.05) is 32.0 Å². The van der Waals surface area contributed by atoms with E-state index in [1.54, 1.807) is 24.1 Å². The van der Waals surface area contributed by atoms with E-state index in [4.69, 9.17) is 8.94 Å². The Labute approximate surface area is 122 Å². The Hall–Kier alpha value is -2.56. The zero-order valence-electron chi connectivity index (χ0n) is 12.2. The third-order valence-corrected chi connectivity index (χ3v) is 3.67. The van der Waals surface area contributed by atoms with Gasteiger partial charge in [-0.25, -0.2) is 0 Å². The van der Waals surface area contributed by atoms with Gasteiger partial charge < -0.3 is 13.8 Å². The van der Waals surface area contributed by atoms with Crippen molar-refractivity contribution in [1.82, 2.24) is 10.1 Å². The summed E-state index contributed by atoms with van der Waals surface area (Å²) in [6, 6.07) is 8.98. The van der Waals surface area contributed by atoms with Gasteiger partial charge in [0.2, 0.25) is 0 Å². The second-order valence-corrected chi connectivity index (χ2v) is 5.13. The molecule has 0 saturated heterocycles. The van der Waals surface area contributed by atoms with Crippen molar-refractivity contribution in [3.8, 4) is 0 Å². The summed E-state index contributed by atoms with van der Waals surface area (Å²) in [5.74, 6) is 0.769. The van der Waals surface area contributed by atoms with Crippen LogP contribution in [0.1, 0.15) is 34.8 Å². The maximum Gasteiger partial charge on any atom is 0.254 e. The van der Waals surface area contributed by atoms with E-state index in [0.29, 0.717) is 5.56 Å². The van der Waals surface area contributed by atoms with Gasteiger partial charge in [-0.1, -0.05) is 5.16 Å². The molecule has 0 saturated carbocycles. The zero-order valence-corrected chi connectivity index (χ0v) is 12.2. The summed E-state index contributed by atoms with van der Waals surface area (Å²) in [5.41, 5.74) is 2.14. The second-order valence-electron chi connectivity index (χ2n) is 5.13. The number of benzene rings is 1. The predicted molar refractivity (Wildman–Crippen MR) is 78.0 cm³/mol. The minimum Gasteiger partial charge on any atom is -0.461 e. The van der Waals surface area contributed by atoms with Crippen LogP contribution in [0.15, 0.2) is 45.5 Å². The molecule has 3 aromatic rings. The zero-order chi connectivity index (χ0) is 15.0. The smallest absolute Gasteiger partial charge is 0.254 e. The minimum atomic E-state index is -0.155. The number of hydrogen-bond donors (Lipinski definition) is 0. The molecule has 108 valence electrons. The van der Waals surface area contributed by atoms with Crippen molar-refractivity contribution in [3.05, 3.63) is 53.6 Å². The van der Waals surface area contributed by atoms with E-state index in [1.165, 1.54) is 6.26 Å². The number of rotatable bonds is 3. The van der Waals surface area contributed by atoms with Crippen LogP contribution in [0.25, 0.3) is 11.0 Å². The van der Waals surface area contributed by atoms with E-state index < -0.39 is 0 Å². The number of fused-ring (bicyclic) bond motifs is 1. The molecule has 0 radical (unpaired) electrons. The van der Waals surface area contributed by atoms with Crippen LogP contribution in [0.4, 0.5) is 0 Å². The summed E-state index contributed by atoms with van der Waals surface area (Å²) < 4.78 is 10.4. The van der Waals surface area contributed by atoms with Crippen LogP contribution in [0.5, 0.6) is 0 Å². The van der Waals surface area contributed by atoms with Crippen molar-refractivity contribution in [2.24, 2.45) is 0 Å². The Balaban J connectivity index is 1.88. The molecule has 0 unspecified atom stereocenters. The minimum absolute atomic E-state index is 0.0637. The summed E-state index contributed by atoms with van der Waals surface area (Å²) >= 11 is 0. The van der Waals surface area contributed by atoms with Gasteiger partial charge in [-0.05, 0) is 38.1 Å². The highest BCUT2D eigenvalue weighted by molar-refractivity contribution is 5.97. The molecule has 5 heteroatoms. The number of aromatic nitrogens is 1. The quantitative estimate of drug-likeness (QED) is 0.737. The molecule has 0 spiro atoms. The van der Waals surface area contributed by atoms with Crippen LogP contribution in [-0.2, 0) is 0 Å². The van der Waals surface area contributed by atoms with Gasteiger partial charge in [0.25, 0.3) is 5.91 Å². The molecule has 0 aliphatic rings. The molecule has 1 amide bonds. The molecule has 2 heterocycles. The van der Waals surface area contributed by atoms with Crippen LogP contribution in [0.2, 0.25) is 0 Å². The highest BCUT2D eigenvalue weighted by atomic mass is 16.5. The molecule has 2 aromatic heterocycles. The number of nitrogens with zero attached hydrogens (tertiary/aromatic N) is 2. The van der Waals surface area contributed by atoms with E-state index in [-0.39, 0.29) is 11.9 Å². The fourth-order valence-electron chi connectivity index (χ4n) is 2.32. The van der Waals surface area contributed by atoms with Crippen molar-refractivity contribution in [2.75, 3.05) is 7.05 Å². The summed E-state index contributed by atoms with van der Waals surface area (Å²) in [4.78, 5) is 14.2. The number of aryl methyl sites for hydroxylation is 1. The van der Waals surface area contributed by atoms with E-state index in [0.717, 1.165) is 22.4 Å². The highest BCUT2D eigenvalue weighted by Gasteiger charge is 2.21. The SMILES string of the molecule is Cc1cc2cc(C(=O)N(C)[C@@H](C)c3ccon3)ccc2o1. The number of carbonyl (C=O) groups excluding carboxylic acids is 1. The van der Waals surface area contributed by atoms with Gasteiger partial charge in [0.1, 0.15) is 23.3 Å². The third kappa shape index (κ3) is 2.42. The fourth-order valence-corrected chi connectivity index (χ4v) is 2.32. The largest absolute Gasteiger partial charge is 0.461 e. The Bertz CT molecular complexity index is 774. The van der Waals surface area contributed by atoms with E-state index in [2.05, 4.69) is 5.16 Å². The summed E-state index contributed by atoms with van der Waals surface area (Å²) in [6.07, 6.45) is 1.50. The third-order valence-electron chi connectivity index (χ3n) is 3.67. The molecule has 21 heavy (non-hydrogen) atoms. The van der Waals surface area contributed by atoms with Crippen LogP contribution in [0, 0.1) is 6.92 Å². The van der Waals surface area contributed by atoms with Crippen LogP contribution in [-0.4, -0.2) is 23.0 Å². The molecule has 0 aliphatic carbocycles. The van der Waals surface area contributed by atoms with E-state index in [9.17, 15) is 4.79 Å². The van der Waals surface area contributed by atoms with Gasteiger partial charge in [-0.3, -0.25) is 4.79 Å². The molecule has 0 fully saturated rings. The van der Waals surface area contributed by atoms with Crippen molar-refractivity contribution >= 4 is 16.9 Å². The Morgan fingerprint density at radius 1 is 1.29 bits per heavy atom. The molecule has 0 N–H and O–H groups in total. The first kappa shape index (κ1) is 13.4. The van der Waals surface area contributed by atoms with Gasteiger partial charge in [0, 0.05) is 24.1 Å². The van der Waals surface area contributed by atoms with Gasteiger partial charge in [0.15, 0.2) is 0 Å². The van der Waals surface area contributed by atoms with Crippen molar-refractivity contribution < 1.29 is 13.7 Å². The summed E-state index contributed by atoms with van der Waals surface area (Å²) in [6.45, 7) is 3.80. The van der Waals surface area contributed by atoms with Crippen LogP contribution < -0.4 is 0 Å². The summed E-state index contributed by atoms with van der Waals surface area (Å²) in [5, 5.41) is 4.81. The average Bonchev–Trinajstić information content (AvgIpc) is 3.12. The number of carbonyl (C=O) groups is 1. The van der Waals surface area contributed by atoms with Crippen LogP contribution >= 0.6 is 0 Å². The Morgan fingerprint density at radius 3 is 2.81 bits per heavy atom. The van der Waals surface area contributed by atoms with Gasteiger partial charge >= 0.3 is 0 Å². The first-order chi connectivity index (χ1) is 10.1. The molecular weight excluding hydrogens is 268 g/mol. The molecule has 0 bridgehead atoms. The van der Waals surface area contributed by atoms with Gasteiger partial charge in [-0.2, -0.15) is 0 Å². The number of hydrogen-bond acceptors (Lipinski definition) is 4. The van der Waals surface area contributed by atoms with Gasteiger partial charge in [0.05, 0.1) is 6.04 Å². The predicted octanol–water partition coefficient (Wildman–Crippen LogP) is 3.56. The standard InChI is InChI=1S/C16H16N2O3/c1-10-8-13-9-12(4-5-15(13)21-10)16(19)18(3)11(2)14-6-7-20-17-14/h4-9,11H,1-3H3/t11-/m0/s1. The Morgan fingerprint density at radius 2 is 2.10 bits per heavy atom. The molecule has 3 rings (SSSR count). The normalized spacial score (nSPS) is 12.5. The molecule has 1 atom stereocenters. The van der Waals surface area contributed by atoms with Gasteiger partial charge in [-0.15, -0.1) is 0 Å². The highest BCUT2D eigenvalue weighted by Crippen LogP contribution is 2.23. The topological polar surface area (TPSA) is 59.5 Å².